The molecular weight excluding hydrogens is 399 g/mol. The smallest absolute Gasteiger partial charge is 0.390 e. The maximum absolute atomic E-state index is 12.2. The number of benzene rings is 1. The van der Waals surface area contributed by atoms with Crippen molar-refractivity contribution in [1.82, 2.24) is 19.7 Å². The van der Waals surface area contributed by atoms with Gasteiger partial charge in [0, 0.05) is 24.1 Å². The predicted molar refractivity (Wildman–Crippen MR) is 93.8 cm³/mol. The van der Waals surface area contributed by atoms with E-state index in [0.29, 0.717) is 11.6 Å². The lowest BCUT2D eigenvalue weighted by Crippen LogP contribution is -2.21. The van der Waals surface area contributed by atoms with E-state index in [1.54, 1.807) is 24.5 Å². The molecule has 148 valence electrons. The molecular formula is C16H14F3N5O3S. The first-order valence-corrected chi connectivity index (χ1v) is 9.53. The van der Waals surface area contributed by atoms with Crippen molar-refractivity contribution in [2.75, 3.05) is 10.5 Å². The summed E-state index contributed by atoms with van der Waals surface area (Å²) in [6, 6.07) is 8.94. The van der Waals surface area contributed by atoms with Crippen LogP contribution in [0.3, 0.4) is 0 Å². The fourth-order valence-electron chi connectivity index (χ4n) is 2.11. The first kappa shape index (κ1) is 19.6. The summed E-state index contributed by atoms with van der Waals surface area (Å²) >= 11 is 0. The molecule has 0 saturated heterocycles. The van der Waals surface area contributed by atoms with E-state index in [4.69, 9.17) is 4.74 Å². The van der Waals surface area contributed by atoms with Crippen LogP contribution in [0.15, 0.2) is 55.1 Å². The van der Waals surface area contributed by atoms with Gasteiger partial charge < -0.3 is 4.74 Å². The monoisotopic (exact) mass is 413 g/mol. The summed E-state index contributed by atoms with van der Waals surface area (Å²) in [5.41, 5.74) is 0.120. The lowest BCUT2D eigenvalue weighted by molar-refractivity contribution is -0.129. The molecule has 0 fully saturated rings. The van der Waals surface area contributed by atoms with Gasteiger partial charge in [0.05, 0.1) is 12.2 Å². The van der Waals surface area contributed by atoms with E-state index in [-0.39, 0.29) is 11.6 Å². The zero-order valence-corrected chi connectivity index (χ0v) is 15.0. The number of nitrogens with one attached hydrogen (secondary N) is 1. The van der Waals surface area contributed by atoms with Gasteiger partial charge in [-0.15, -0.1) is 0 Å². The van der Waals surface area contributed by atoms with Crippen LogP contribution in [0.5, 0.6) is 11.6 Å². The highest BCUT2D eigenvalue weighted by molar-refractivity contribution is 7.92. The predicted octanol–water partition coefficient (Wildman–Crippen LogP) is 3.15. The third-order valence-electron chi connectivity index (χ3n) is 3.37. The maximum Gasteiger partial charge on any atom is 0.390 e. The van der Waals surface area contributed by atoms with Gasteiger partial charge in [0.2, 0.25) is 15.9 Å². The van der Waals surface area contributed by atoms with Crippen molar-refractivity contribution in [2.24, 2.45) is 0 Å². The number of hydrogen-bond donors (Lipinski definition) is 1. The van der Waals surface area contributed by atoms with Crippen LogP contribution in [0.2, 0.25) is 0 Å². The average molecular weight is 413 g/mol. The van der Waals surface area contributed by atoms with Gasteiger partial charge in [0.25, 0.3) is 0 Å². The Morgan fingerprint density at radius 2 is 1.89 bits per heavy atom. The average Bonchev–Trinajstić information content (AvgIpc) is 3.16. The van der Waals surface area contributed by atoms with Crippen molar-refractivity contribution >= 4 is 15.7 Å². The van der Waals surface area contributed by atoms with Crippen LogP contribution in [0.25, 0.3) is 5.82 Å². The van der Waals surface area contributed by atoms with Gasteiger partial charge in [0.1, 0.15) is 12.1 Å². The summed E-state index contributed by atoms with van der Waals surface area (Å²) in [7, 11) is -4.11. The molecule has 1 N–H and O–H groups in total. The van der Waals surface area contributed by atoms with Crippen LogP contribution in [0, 0.1) is 0 Å². The summed E-state index contributed by atoms with van der Waals surface area (Å²) < 4.78 is 69.1. The quantitative estimate of drug-likeness (QED) is 0.639. The first-order valence-electron chi connectivity index (χ1n) is 7.87. The van der Waals surface area contributed by atoms with Crippen LogP contribution < -0.4 is 9.46 Å². The van der Waals surface area contributed by atoms with Gasteiger partial charge in [0.15, 0.2) is 5.82 Å². The number of hydrogen-bond acceptors (Lipinski definition) is 6. The van der Waals surface area contributed by atoms with Crippen LogP contribution in [-0.4, -0.2) is 40.1 Å². The molecule has 8 nitrogen and oxygen atoms in total. The number of aromatic nitrogens is 4. The van der Waals surface area contributed by atoms with E-state index in [0.717, 1.165) is 0 Å². The summed E-state index contributed by atoms with van der Waals surface area (Å²) in [6.45, 7) is 0. The second kappa shape index (κ2) is 7.84. The Hall–Kier alpha value is -3.15. The SMILES string of the molecule is O=S(=O)(CCC(F)(F)F)Nc1ccc(Oc2cc(-n3cccn3)ncn2)cc1. The minimum absolute atomic E-state index is 0.120. The summed E-state index contributed by atoms with van der Waals surface area (Å²) in [6.07, 6.45) is -1.37. The molecule has 1 aromatic carbocycles. The lowest BCUT2D eigenvalue weighted by atomic mass is 10.3. The number of alkyl halides is 3. The standard InChI is InChI=1S/C16H14F3N5O3S/c17-16(18,19)6-9-28(25,26)23-12-2-4-13(5-3-12)27-15-10-14(20-11-21-15)24-8-1-7-22-24/h1-5,7-8,10-11,23H,6,9H2. The van der Waals surface area contributed by atoms with Crippen molar-refractivity contribution in [2.45, 2.75) is 12.6 Å². The van der Waals surface area contributed by atoms with E-state index in [1.165, 1.54) is 35.3 Å². The van der Waals surface area contributed by atoms with Crippen LogP contribution in [0.4, 0.5) is 18.9 Å². The van der Waals surface area contributed by atoms with Gasteiger partial charge in [-0.2, -0.15) is 18.3 Å². The summed E-state index contributed by atoms with van der Waals surface area (Å²) in [4.78, 5) is 8.05. The highest BCUT2D eigenvalue weighted by atomic mass is 32.2. The maximum atomic E-state index is 12.2. The Balaban J connectivity index is 1.64. The molecule has 0 unspecified atom stereocenters. The third-order valence-corrected chi connectivity index (χ3v) is 4.66. The lowest BCUT2D eigenvalue weighted by Gasteiger charge is -2.10. The zero-order valence-electron chi connectivity index (χ0n) is 14.2. The molecule has 2 aromatic heterocycles. The second-order valence-corrected chi connectivity index (χ2v) is 7.42. The molecule has 0 aliphatic heterocycles. The fraction of sp³-hybridized carbons (Fsp3) is 0.188. The van der Waals surface area contributed by atoms with Crippen molar-refractivity contribution in [3.05, 3.63) is 55.1 Å². The molecule has 0 atom stereocenters. The molecule has 0 spiro atoms. The molecule has 12 heteroatoms. The molecule has 0 amide bonds. The number of anilines is 1. The molecule has 0 radical (unpaired) electrons. The number of rotatable bonds is 7. The molecule has 3 aromatic rings. The van der Waals surface area contributed by atoms with Crippen molar-refractivity contribution in [3.63, 3.8) is 0 Å². The number of sulfonamides is 1. The van der Waals surface area contributed by atoms with Crippen molar-refractivity contribution in [1.29, 1.82) is 0 Å². The van der Waals surface area contributed by atoms with Gasteiger partial charge >= 0.3 is 6.18 Å². The summed E-state index contributed by atoms with van der Waals surface area (Å²) in [5.74, 6) is 0.0257. The van der Waals surface area contributed by atoms with Crippen LogP contribution in [0.1, 0.15) is 6.42 Å². The topological polar surface area (TPSA) is 99.0 Å². The van der Waals surface area contributed by atoms with E-state index < -0.39 is 28.4 Å². The summed E-state index contributed by atoms with van der Waals surface area (Å²) in [5, 5.41) is 4.05. The molecule has 2 heterocycles. The van der Waals surface area contributed by atoms with Crippen molar-refractivity contribution < 1.29 is 26.3 Å². The molecule has 0 aliphatic carbocycles. The Morgan fingerprint density at radius 1 is 1.14 bits per heavy atom. The Morgan fingerprint density at radius 3 is 2.54 bits per heavy atom. The fourth-order valence-corrected chi connectivity index (χ4v) is 3.21. The van der Waals surface area contributed by atoms with Crippen LogP contribution >= 0.6 is 0 Å². The Labute approximate surface area is 158 Å². The highest BCUT2D eigenvalue weighted by Crippen LogP contribution is 2.24. The number of nitrogens with zero attached hydrogens (tertiary/aromatic N) is 4. The number of ether oxygens (including phenoxy) is 1. The molecule has 0 saturated carbocycles. The molecule has 0 aliphatic rings. The van der Waals surface area contributed by atoms with E-state index in [2.05, 4.69) is 19.8 Å². The van der Waals surface area contributed by atoms with Gasteiger partial charge in [-0.1, -0.05) is 0 Å². The second-order valence-electron chi connectivity index (χ2n) is 5.58. The van der Waals surface area contributed by atoms with Gasteiger partial charge in [-0.05, 0) is 30.3 Å². The minimum atomic E-state index is -4.54. The Bertz CT molecular complexity index is 1020. The first-order chi connectivity index (χ1) is 13.2. The normalized spacial score (nSPS) is 12.0. The molecule has 3 rings (SSSR count). The van der Waals surface area contributed by atoms with Gasteiger partial charge in [-0.3, -0.25) is 4.72 Å². The van der Waals surface area contributed by atoms with E-state index in [1.807, 2.05) is 0 Å². The third kappa shape index (κ3) is 5.67. The van der Waals surface area contributed by atoms with Crippen LogP contribution in [-0.2, 0) is 10.0 Å². The number of halogens is 3. The van der Waals surface area contributed by atoms with E-state index in [9.17, 15) is 21.6 Å². The zero-order chi connectivity index (χ0) is 20.2. The van der Waals surface area contributed by atoms with Gasteiger partial charge in [-0.25, -0.2) is 23.1 Å². The molecule has 28 heavy (non-hydrogen) atoms. The minimum Gasteiger partial charge on any atom is -0.439 e. The van der Waals surface area contributed by atoms with Crippen molar-refractivity contribution in [3.8, 4) is 17.4 Å². The largest absolute Gasteiger partial charge is 0.439 e. The Kier molecular flexibility index (Phi) is 5.49. The molecule has 0 bridgehead atoms. The van der Waals surface area contributed by atoms with E-state index >= 15 is 0 Å². The highest BCUT2D eigenvalue weighted by Gasteiger charge is 2.29.